The SMILES string of the molecule is Clc1ccc2c(c1)/C(=C/c1ccnc3ccccc13)c1cc(Cl)cc(Cl)c1-2. The van der Waals surface area contributed by atoms with Gasteiger partial charge in [-0.15, -0.1) is 0 Å². The fourth-order valence-corrected chi connectivity index (χ4v) is 4.48. The van der Waals surface area contributed by atoms with E-state index in [0.29, 0.717) is 15.1 Å². The Hall–Kier alpha value is -2.32. The summed E-state index contributed by atoms with van der Waals surface area (Å²) in [5.41, 5.74) is 7.25. The number of hydrogen-bond acceptors (Lipinski definition) is 1. The molecule has 4 heteroatoms. The van der Waals surface area contributed by atoms with Crippen LogP contribution in [0.4, 0.5) is 0 Å². The van der Waals surface area contributed by atoms with Gasteiger partial charge in [-0.2, -0.15) is 0 Å². The highest BCUT2D eigenvalue weighted by molar-refractivity contribution is 6.38. The minimum absolute atomic E-state index is 0.614. The Kier molecular flexibility index (Phi) is 3.98. The van der Waals surface area contributed by atoms with Crippen LogP contribution in [-0.4, -0.2) is 4.98 Å². The fraction of sp³-hybridized carbons (Fsp3) is 0. The monoisotopic (exact) mass is 407 g/mol. The van der Waals surface area contributed by atoms with Crippen molar-refractivity contribution in [1.82, 2.24) is 4.98 Å². The Bertz CT molecular complexity index is 1250. The third-order valence-corrected chi connectivity index (χ3v) is 5.62. The van der Waals surface area contributed by atoms with Crippen molar-refractivity contribution >= 4 is 57.4 Å². The van der Waals surface area contributed by atoms with Crippen molar-refractivity contribution in [2.75, 3.05) is 0 Å². The lowest BCUT2D eigenvalue weighted by atomic mass is 9.99. The van der Waals surface area contributed by atoms with Gasteiger partial charge in [-0.05, 0) is 70.3 Å². The molecule has 0 saturated heterocycles. The van der Waals surface area contributed by atoms with E-state index in [2.05, 4.69) is 17.1 Å². The molecule has 1 aliphatic carbocycles. The second-order valence-electron chi connectivity index (χ2n) is 6.48. The largest absolute Gasteiger partial charge is 0.256 e. The van der Waals surface area contributed by atoms with Crippen LogP contribution in [0.3, 0.4) is 0 Å². The highest BCUT2D eigenvalue weighted by Gasteiger charge is 2.26. The summed E-state index contributed by atoms with van der Waals surface area (Å²) in [6.45, 7) is 0. The topological polar surface area (TPSA) is 12.9 Å². The van der Waals surface area contributed by atoms with Crippen molar-refractivity contribution < 1.29 is 0 Å². The lowest BCUT2D eigenvalue weighted by Gasteiger charge is -2.07. The molecule has 1 aromatic heterocycles. The number of halogens is 3. The van der Waals surface area contributed by atoms with E-state index in [4.69, 9.17) is 34.8 Å². The number of aromatic nitrogens is 1. The molecule has 0 N–H and O–H groups in total. The lowest BCUT2D eigenvalue weighted by Crippen LogP contribution is -1.86. The Morgan fingerprint density at radius 2 is 1.56 bits per heavy atom. The van der Waals surface area contributed by atoms with E-state index in [1.54, 1.807) is 6.07 Å². The van der Waals surface area contributed by atoms with Crippen LogP contribution in [0.5, 0.6) is 0 Å². The molecule has 0 unspecified atom stereocenters. The molecule has 1 nitrogen and oxygen atoms in total. The van der Waals surface area contributed by atoms with E-state index < -0.39 is 0 Å². The number of nitrogens with zero attached hydrogens (tertiary/aromatic N) is 1. The second kappa shape index (κ2) is 6.38. The van der Waals surface area contributed by atoms with Crippen LogP contribution in [0.1, 0.15) is 16.7 Å². The molecule has 0 aliphatic heterocycles. The number of rotatable bonds is 1. The molecule has 0 atom stereocenters. The predicted octanol–water partition coefficient (Wildman–Crippen LogP) is 7.76. The average Bonchev–Trinajstić information content (AvgIpc) is 2.95. The highest BCUT2D eigenvalue weighted by atomic mass is 35.5. The van der Waals surface area contributed by atoms with Crippen molar-refractivity contribution in [3.8, 4) is 11.1 Å². The summed E-state index contributed by atoms with van der Waals surface area (Å²) in [7, 11) is 0. The summed E-state index contributed by atoms with van der Waals surface area (Å²) >= 11 is 19.2. The van der Waals surface area contributed by atoms with Gasteiger partial charge in [0, 0.05) is 27.2 Å². The minimum atomic E-state index is 0.614. The van der Waals surface area contributed by atoms with E-state index in [-0.39, 0.29) is 0 Å². The van der Waals surface area contributed by atoms with Crippen molar-refractivity contribution in [3.05, 3.63) is 98.6 Å². The zero-order valence-corrected chi connectivity index (χ0v) is 16.3. The molecule has 0 amide bonds. The molecule has 0 bridgehead atoms. The van der Waals surface area contributed by atoms with Crippen molar-refractivity contribution in [1.29, 1.82) is 0 Å². The van der Waals surface area contributed by atoms with Crippen LogP contribution in [0.15, 0.2) is 66.9 Å². The molecule has 0 fully saturated rings. The highest BCUT2D eigenvalue weighted by Crippen LogP contribution is 2.50. The first-order chi connectivity index (χ1) is 13.1. The first kappa shape index (κ1) is 16.8. The normalized spacial score (nSPS) is 13.8. The van der Waals surface area contributed by atoms with Crippen molar-refractivity contribution in [2.45, 2.75) is 0 Å². The molecular weight excluding hydrogens is 397 g/mol. The van der Waals surface area contributed by atoms with Gasteiger partial charge in [0.25, 0.3) is 0 Å². The molecule has 27 heavy (non-hydrogen) atoms. The van der Waals surface area contributed by atoms with Gasteiger partial charge >= 0.3 is 0 Å². The average molecular weight is 409 g/mol. The van der Waals surface area contributed by atoms with Crippen LogP contribution in [0.25, 0.3) is 33.7 Å². The van der Waals surface area contributed by atoms with Crippen LogP contribution >= 0.6 is 34.8 Å². The van der Waals surface area contributed by atoms with Crippen LogP contribution in [0.2, 0.25) is 15.1 Å². The van der Waals surface area contributed by atoms with Gasteiger partial charge < -0.3 is 0 Å². The van der Waals surface area contributed by atoms with Gasteiger partial charge in [0.1, 0.15) is 0 Å². The summed E-state index contributed by atoms with van der Waals surface area (Å²) in [4.78, 5) is 4.45. The van der Waals surface area contributed by atoms with Gasteiger partial charge in [0.05, 0.1) is 10.5 Å². The zero-order valence-electron chi connectivity index (χ0n) is 14.0. The quantitative estimate of drug-likeness (QED) is 0.276. The van der Waals surface area contributed by atoms with E-state index in [0.717, 1.165) is 44.3 Å². The Morgan fingerprint density at radius 3 is 2.44 bits per heavy atom. The van der Waals surface area contributed by atoms with Gasteiger partial charge in [0.15, 0.2) is 0 Å². The van der Waals surface area contributed by atoms with E-state index in [1.165, 1.54) is 0 Å². The maximum Gasteiger partial charge on any atom is 0.0707 e. The van der Waals surface area contributed by atoms with Crippen LogP contribution in [0, 0.1) is 0 Å². The maximum absolute atomic E-state index is 6.55. The van der Waals surface area contributed by atoms with E-state index in [1.807, 2.05) is 54.7 Å². The molecule has 0 saturated carbocycles. The third kappa shape index (κ3) is 2.74. The summed E-state index contributed by atoms with van der Waals surface area (Å²) in [5.74, 6) is 0. The van der Waals surface area contributed by atoms with Crippen molar-refractivity contribution in [3.63, 3.8) is 0 Å². The Labute approximate surface area is 171 Å². The molecular formula is C23H12Cl3N. The fourth-order valence-electron chi connectivity index (χ4n) is 3.72. The summed E-state index contributed by atoms with van der Waals surface area (Å²) in [5, 5.41) is 3.04. The molecule has 1 aliphatic rings. The van der Waals surface area contributed by atoms with Gasteiger partial charge in [0.2, 0.25) is 0 Å². The molecule has 1 heterocycles. The molecule has 5 rings (SSSR count). The summed E-state index contributed by atoms with van der Waals surface area (Å²) < 4.78 is 0. The maximum atomic E-state index is 6.55. The van der Waals surface area contributed by atoms with Crippen LogP contribution in [-0.2, 0) is 0 Å². The number of para-hydroxylation sites is 1. The third-order valence-electron chi connectivity index (χ3n) is 4.87. The number of hydrogen-bond donors (Lipinski definition) is 0. The molecule has 4 aromatic rings. The number of benzene rings is 3. The predicted molar refractivity (Wildman–Crippen MR) is 116 cm³/mol. The number of fused-ring (bicyclic) bond motifs is 4. The van der Waals surface area contributed by atoms with Crippen molar-refractivity contribution in [2.24, 2.45) is 0 Å². The summed E-state index contributed by atoms with van der Waals surface area (Å²) in [6.07, 6.45) is 3.99. The number of pyridine rings is 1. The molecule has 0 radical (unpaired) electrons. The smallest absolute Gasteiger partial charge is 0.0707 e. The first-order valence-corrected chi connectivity index (χ1v) is 9.60. The minimum Gasteiger partial charge on any atom is -0.256 e. The van der Waals surface area contributed by atoms with Gasteiger partial charge in [-0.3, -0.25) is 4.98 Å². The zero-order chi connectivity index (χ0) is 18.5. The Balaban J connectivity index is 1.85. The first-order valence-electron chi connectivity index (χ1n) is 8.47. The van der Waals surface area contributed by atoms with E-state index >= 15 is 0 Å². The second-order valence-corrected chi connectivity index (χ2v) is 7.76. The lowest BCUT2D eigenvalue weighted by molar-refractivity contribution is 1.41. The molecule has 130 valence electrons. The standard InChI is InChI=1S/C23H12Cl3N/c24-14-5-6-17-19(10-14)18(20-11-15(25)12-21(26)23(17)20)9-13-7-8-27-22-4-2-1-3-16(13)22/h1-12H/b18-9-. The van der Waals surface area contributed by atoms with Gasteiger partial charge in [-0.1, -0.05) is 59.1 Å². The van der Waals surface area contributed by atoms with Crippen LogP contribution < -0.4 is 0 Å². The Morgan fingerprint density at radius 1 is 0.741 bits per heavy atom. The van der Waals surface area contributed by atoms with E-state index in [9.17, 15) is 0 Å². The molecule has 0 spiro atoms. The molecule has 3 aromatic carbocycles. The summed E-state index contributed by atoms with van der Waals surface area (Å²) in [6, 6.07) is 19.8. The van der Waals surface area contributed by atoms with Gasteiger partial charge in [-0.25, -0.2) is 0 Å².